The van der Waals surface area contributed by atoms with E-state index in [0.29, 0.717) is 0 Å². The number of hydrogen-bond donors (Lipinski definition) is 2. The first-order valence-corrected chi connectivity index (χ1v) is 3.40. The number of rotatable bonds is 0. The van der Waals surface area contributed by atoms with Gasteiger partial charge in [-0.3, -0.25) is 0 Å². The Hall–Kier alpha value is -1.60. The minimum Gasteiger partial charge on any atom is -0.503 e. The molecule has 2 nitrogen and oxygen atoms in total. The summed E-state index contributed by atoms with van der Waals surface area (Å²) in [7, 11) is 0. The van der Waals surface area contributed by atoms with Crippen LogP contribution in [0.25, 0.3) is 0 Å². The largest absolute Gasteiger partial charge is 0.503 e. The van der Waals surface area contributed by atoms with E-state index in [4.69, 9.17) is 5.11 Å². The molecule has 3 N–H and O–H groups in total. The summed E-state index contributed by atoms with van der Waals surface area (Å²) in [6.45, 7) is 0. The van der Waals surface area contributed by atoms with Crippen LogP contribution >= 0.6 is 0 Å². The Bertz CT molecular complexity index is 384. The Kier molecular flexibility index (Phi) is 2.46. The summed E-state index contributed by atoms with van der Waals surface area (Å²) in [5, 5.41) is 8.51. The third kappa shape index (κ3) is 1.66. The van der Waals surface area contributed by atoms with Gasteiger partial charge in [-0.25, -0.2) is 8.78 Å². The zero-order valence-corrected chi connectivity index (χ0v) is 6.79. The van der Waals surface area contributed by atoms with Crippen molar-refractivity contribution < 1.29 is 31.4 Å². The average Bonchev–Trinajstić information content (AvgIpc) is 2.09. The summed E-state index contributed by atoms with van der Waals surface area (Å²) < 4.78 is 74.1. The number of nitrogens with two attached hydrogens (primary N) is 1. The molecule has 0 spiro atoms. The van der Waals surface area contributed by atoms with E-state index in [-0.39, 0.29) is 0 Å². The van der Waals surface area contributed by atoms with Crippen LogP contribution in [0.15, 0.2) is 0 Å². The van der Waals surface area contributed by atoms with E-state index in [1.807, 2.05) is 0 Å². The maximum atomic E-state index is 12.7. The molecule has 0 aliphatic carbocycles. The second kappa shape index (κ2) is 3.21. The molecule has 1 aromatic carbocycles. The Morgan fingerprint density at radius 3 is 1.80 bits per heavy atom. The van der Waals surface area contributed by atoms with Crippen molar-refractivity contribution in [1.29, 1.82) is 0 Å². The number of anilines is 1. The molecule has 15 heavy (non-hydrogen) atoms. The van der Waals surface area contributed by atoms with Crippen molar-refractivity contribution in [2.75, 3.05) is 5.73 Å². The lowest BCUT2D eigenvalue weighted by Crippen LogP contribution is -2.14. The van der Waals surface area contributed by atoms with Crippen molar-refractivity contribution in [3.8, 4) is 5.75 Å². The minimum absolute atomic E-state index is 1.73. The van der Waals surface area contributed by atoms with Crippen LogP contribution in [0.5, 0.6) is 5.75 Å². The topological polar surface area (TPSA) is 46.2 Å². The quantitative estimate of drug-likeness (QED) is 0.311. The number of phenols is 1. The first-order valence-electron chi connectivity index (χ1n) is 3.40. The summed E-state index contributed by atoms with van der Waals surface area (Å²) in [6.07, 6.45) is -5.32. The molecular formula is C7H3F6NO. The van der Waals surface area contributed by atoms with Crippen LogP contribution in [0.1, 0.15) is 5.56 Å². The number of aromatic hydroxyl groups is 1. The van der Waals surface area contributed by atoms with Gasteiger partial charge in [0.05, 0.1) is 5.69 Å². The maximum absolute atomic E-state index is 12.7. The molecule has 0 radical (unpaired) electrons. The first kappa shape index (κ1) is 11.5. The van der Waals surface area contributed by atoms with E-state index in [0.717, 1.165) is 0 Å². The monoisotopic (exact) mass is 231 g/mol. The lowest BCUT2D eigenvalue weighted by atomic mass is 10.1. The molecule has 1 rings (SSSR count). The number of halogens is 6. The number of phenolic OH excluding ortho intramolecular Hbond substituents is 1. The normalized spacial score (nSPS) is 11.9. The van der Waals surface area contributed by atoms with Gasteiger partial charge in [-0.2, -0.15) is 17.6 Å². The molecule has 84 valence electrons. The number of alkyl halides is 3. The molecule has 8 heteroatoms. The Balaban J connectivity index is 3.68. The summed E-state index contributed by atoms with van der Waals surface area (Å²) in [5.74, 6) is -8.67. The molecule has 1 aromatic rings. The fraction of sp³-hybridized carbons (Fsp3) is 0.143. The van der Waals surface area contributed by atoms with Crippen molar-refractivity contribution in [2.24, 2.45) is 0 Å². The molecule has 0 heterocycles. The molecule has 0 saturated carbocycles. The van der Waals surface area contributed by atoms with E-state index in [2.05, 4.69) is 5.73 Å². The fourth-order valence-electron chi connectivity index (χ4n) is 0.942. The van der Waals surface area contributed by atoms with Crippen molar-refractivity contribution >= 4 is 5.69 Å². The van der Waals surface area contributed by atoms with Gasteiger partial charge < -0.3 is 10.8 Å². The van der Waals surface area contributed by atoms with Crippen LogP contribution in [0.4, 0.5) is 32.0 Å². The number of hydrogen-bond acceptors (Lipinski definition) is 2. The molecule has 0 fully saturated rings. The van der Waals surface area contributed by atoms with Crippen molar-refractivity contribution in [3.05, 3.63) is 23.0 Å². The second-order valence-corrected chi connectivity index (χ2v) is 2.58. The van der Waals surface area contributed by atoms with E-state index in [1.54, 1.807) is 0 Å². The van der Waals surface area contributed by atoms with Crippen LogP contribution in [-0.2, 0) is 6.18 Å². The Morgan fingerprint density at radius 1 is 0.933 bits per heavy atom. The van der Waals surface area contributed by atoms with E-state index < -0.39 is 40.6 Å². The SMILES string of the molecule is Nc1c(F)c(F)c(O)c(F)c1C(F)(F)F. The molecule has 0 amide bonds. The van der Waals surface area contributed by atoms with Crippen LogP contribution in [0.2, 0.25) is 0 Å². The highest BCUT2D eigenvalue weighted by Crippen LogP contribution is 2.41. The van der Waals surface area contributed by atoms with Gasteiger partial charge in [0.2, 0.25) is 5.82 Å². The van der Waals surface area contributed by atoms with E-state index in [1.165, 1.54) is 0 Å². The van der Waals surface area contributed by atoms with Gasteiger partial charge in [0.25, 0.3) is 0 Å². The van der Waals surface area contributed by atoms with E-state index in [9.17, 15) is 26.3 Å². The minimum atomic E-state index is -5.32. The van der Waals surface area contributed by atoms with Gasteiger partial charge in [-0.05, 0) is 0 Å². The van der Waals surface area contributed by atoms with Crippen LogP contribution in [0, 0.1) is 17.5 Å². The van der Waals surface area contributed by atoms with E-state index >= 15 is 0 Å². The highest BCUT2D eigenvalue weighted by molar-refractivity contribution is 5.54. The lowest BCUT2D eigenvalue weighted by molar-refractivity contribution is -0.139. The maximum Gasteiger partial charge on any atom is 0.421 e. The molecule has 0 atom stereocenters. The molecule has 0 bridgehead atoms. The summed E-state index contributed by atoms with van der Waals surface area (Å²) >= 11 is 0. The molecular weight excluding hydrogens is 228 g/mol. The van der Waals surface area contributed by atoms with Gasteiger partial charge in [-0.15, -0.1) is 0 Å². The third-order valence-corrected chi connectivity index (χ3v) is 1.62. The van der Waals surface area contributed by atoms with Crippen molar-refractivity contribution in [3.63, 3.8) is 0 Å². The molecule has 0 saturated heterocycles. The zero-order chi connectivity index (χ0) is 12.0. The van der Waals surface area contributed by atoms with Crippen LogP contribution < -0.4 is 5.73 Å². The van der Waals surface area contributed by atoms with Crippen molar-refractivity contribution in [1.82, 2.24) is 0 Å². The summed E-state index contributed by atoms with van der Waals surface area (Å²) in [5.41, 5.74) is 0.603. The predicted octanol–water partition coefficient (Wildman–Crippen LogP) is 2.41. The highest BCUT2D eigenvalue weighted by Gasteiger charge is 2.41. The lowest BCUT2D eigenvalue weighted by Gasteiger charge is -2.13. The summed E-state index contributed by atoms with van der Waals surface area (Å²) in [6, 6.07) is 0. The third-order valence-electron chi connectivity index (χ3n) is 1.62. The second-order valence-electron chi connectivity index (χ2n) is 2.58. The molecule has 0 aromatic heterocycles. The zero-order valence-electron chi connectivity index (χ0n) is 6.79. The van der Waals surface area contributed by atoms with Gasteiger partial charge in [0.15, 0.2) is 17.4 Å². The fourth-order valence-corrected chi connectivity index (χ4v) is 0.942. The van der Waals surface area contributed by atoms with Crippen LogP contribution in [-0.4, -0.2) is 5.11 Å². The summed E-state index contributed by atoms with van der Waals surface area (Å²) in [4.78, 5) is 0. The molecule has 0 aliphatic heterocycles. The number of benzene rings is 1. The smallest absolute Gasteiger partial charge is 0.421 e. The van der Waals surface area contributed by atoms with Gasteiger partial charge in [0.1, 0.15) is 5.56 Å². The van der Waals surface area contributed by atoms with Gasteiger partial charge in [-0.1, -0.05) is 0 Å². The Morgan fingerprint density at radius 2 is 1.40 bits per heavy atom. The standard InChI is InChI=1S/C7H3F6NO/c8-2-1(7(11,12)13)5(14)3(9)4(10)6(2)15/h15H,14H2. The molecule has 0 aliphatic rings. The first-order chi connectivity index (χ1) is 6.68. The van der Waals surface area contributed by atoms with Crippen molar-refractivity contribution in [2.45, 2.75) is 6.18 Å². The van der Waals surface area contributed by atoms with Crippen LogP contribution in [0.3, 0.4) is 0 Å². The predicted molar refractivity (Wildman–Crippen MR) is 37.4 cm³/mol. The average molecular weight is 231 g/mol. The van der Waals surface area contributed by atoms with Gasteiger partial charge >= 0.3 is 6.18 Å². The Labute approximate surface area is 78.9 Å². The molecule has 0 unspecified atom stereocenters. The highest BCUT2D eigenvalue weighted by atomic mass is 19.4. The van der Waals surface area contributed by atoms with Gasteiger partial charge in [0, 0.05) is 0 Å². The number of nitrogen functional groups attached to an aromatic ring is 1.